The van der Waals surface area contributed by atoms with E-state index in [0.29, 0.717) is 13.0 Å². The third kappa shape index (κ3) is 1.98. The molecule has 2 rings (SSSR count). The van der Waals surface area contributed by atoms with Crippen molar-refractivity contribution in [3.8, 4) is 0 Å². The van der Waals surface area contributed by atoms with Gasteiger partial charge in [-0.2, -0.15) is 0 Å². The van der Waals surface area contributed by atoms with E-state index >= 15 is 0 Å². The first-order chi connectivity index (χ1) is 6.66. The molecule has 0 saturated carbocycles. The van der Waals surface area contributed by atoms with Gasteiger partial charge in [-0.05, 0) is 43.5 Å². The molecule has 2 heterocycles. The van der Waals surface area contributed by atoms with E-state index in [0.717, 1.165) is 14.6 Å². The minimum absolute atomic E-state index is 0.120. The molecule has 74 valence electrons. The molecule has 1 atom stereocenters. The first-order valence-electron chi connectivity index (χ1n) is 4.24. The monoisotopic (exact) mass is 318 g/mol. The van der Waals surface area contributed by atoms with Crippen LogP contribution in [0.5, 0.6) is 0 Å². The van der Waals surface area contributed by atoms with Crippen molar-refractivity contribution in [3.05, 3.63) is 26.9 Å². The number of amides is 1. The molecule has 1 fully saturated rings. The van der Waals surface area contributed by atoms with Crippen LogP contribution in [-0.2, 0) is 4.79 Å². The molecule has 1 aliphatic rings. The maximum absolute atomic E-state index is 11.1. The summed E-state index contributed by atoms with van der Waals surface area (Å²) in [7, 11) is 0. The van der Waals surface area contributed by atoms with Crippen LogP contribution in [0.2, 0.25) is 0 Å². The zero-order chi connectivity index (χ0) is 10.1. The number of hydrogen-bond acceptors (Lipinski definition) is 2. The van der Waals surface area contributed by atoms with Crippen molar-refractivity contribution < 1.29 is 4.79 Å². The Morgan fingerprint density at radius 3 is 2.93 bits per heavy atom. The Kier molecular flexibility index (Phi) is 2.88. The fourth-order valence-corrected chi connectivity index (χ4v) is 2.45. The lowest BCUT2D eigenvalue weighted by molar-refractivity contribution is -0.119. The average Bonchev–Trinajstić information content (AvgIpc) is 2.56. The summed E-state index contributed by atoms with van der Waals surface area (Å²) >= 11 is 6.76. The van der Waals surface area contributed by atoms with E-state index in [1.165, 1.54) is 0 Å². The summed E-state index contributed by atoms with van der Waals surface area (Å²) in [6.45, 7) is 0.716. The molecule has 1 aromatic heterocycles. The number of halogens is 2. The van der Waals surface area contributed by atoms with Gasteiger partial charge in [0.25, 0.3) is 0 Å². The van der Waals surface area contributed by atoms with Crippen LogP contribution in [0.25, 0.3) is 0 Å². The lowest BCUT2D eigenvalue weighted by Crippen LogP contribution is -2.13. The number of carbonyl (C=O) groups excluding carboxylic acids is 1. The second kappa shape index (κ2) is 3.98. The summed E-state index contributed by atoms with van der Waals surface area (Å²) in [5.41, 5.74) is 1.13. The molecule has 1 aromatic rings. The maximum atomic E-state index is 11.1. The predicted molar refractivity (Wildman–Crippen MR) is 60.0 cm³/mol. The normalized spacial score (nSPS) is 21.0. The van der Waals surface area contributed by atoms with Crippen molar-refractivity contribution in [1.29, 1.82) is 0 Å². The number of rotatable bonds is 1. The average molecular weight is 320 g/mol. The van der Waals surface area contributed by atoms with Crippen molar-refractivity contribution in [2.24, 2.45) is 0 Å². The number of nitrogens with zero attached hydrogens (tertiary/aromatic N) is 1. The van der Waals surface area contributed by atoms with E-state index < -0.39 is 0 Å². The smallest absolute Gasteiger partial charge is 0.220 e. The second-order valence-electron chi connectivity index (χ2n) is 3.23. The summed E-state index contributed by atoms with van der Waals surface area (Å²) < 4.78 is 1.76. The van der Waals surface area contributed by atoms with Gasteiger partial charge >= 0.3 is 0 Å². The van der Waals surface area contributed by atoms with Gasteiger partial charge in [0.2, 0.25) is 5.91 Å². The highest BCUT2D eigenvalue weighted by Gasteiger charge is 2.24. The molecular formula is C9H8Br2N2O. The number of aromatic nitrogens is 1. The molecule has 0 aromatic carbocycles. The lowest BCUT2D eigenvalue weighted by atomic mass is 10.00. The Balaban J connectivity index is 2.31. The third-order valence-electron chi connectivity index (χ3n) is 2.27. The van der Waals surface area contributed by atoms with Crippen molar-refractivity contribution in [2.45, 2.75) is 12.3 Å². The van der Waals surface area contributed by atoms with E-state index in [-0.39, 0.29) is 11.8 Å². The Morgan fingerprint density at radius 1 is 1.50 bits per heavy atom. The van der Waals surface area contributed by atoms with Crippen LogP contribution >= 0.6 is 31.9 Å². The molecule has 0 bridgehead atoms. The van der Waals surface area contributed by atoms with Crippen LogP contribution in [0.15, 0.2) is 21.3 Å². The van der Waals surface area contributed by atoms with E-state index in [1.807, 2.05) is 6.07 Å². The number of hydrogen-bond donors (Lipinski definition) is 1. The molecule has 0 radical (unpaired) electrons. The molecule has 0 spiro atoms. The standard InChI is InChI=1S/C9H8Br2N2O/c10-7-4-12-8(11)2-6(7)5-1-9(14)13-3-5/h2,4-5H,1,3H2,(H,13,14). The van der Waals surface area contributed by atoms with Crippen molar-refractivity contribution in [1.82, 2.24) is 10.3 Å². The zero-order valence-corrected chi connectivity index (χ0v) is 10.4. The topological polar surface area (TPSA) is 42.0 Å². The van der Waals surface area contributed by atoms with E-state index in [2.05, 4.69) is 42.2 Å². The van der Waals surface area contributed by atoms with Crippen LogP contribution in [0.4, 0.5) is 0 Å². The van der Waals surface area contributed by atoms with Gasteiger partial charge in [0, 0.05) is 29.6 Å². The number of carbonyl (C=O) groups is 1. The molecule has 1 amide bonds. The number of nitrogens with one attached hydrogen (secondary N) is 1. The summed E-state index contributed by atoms with van der Waals surface area (Å²) in [5.74, 6) is 0.381. The van der Waals surface area contributed by atoms with E-state index in [4.69, 9.17) is 0 Å². The Hall–Kier alpha value is -0.420. The third-order valence-corrected chi connectivity index (χ3v) is 3.37. The quantitative estimate of drug-likeness (QED) is 0.806. The Bertz CT molecular complexity index is 381. The fourth-order valence-electron chi connectivity index (χ4n) is 1.57. The largest absolute Gasteiger partial charge is 0.355 e. The molecule has 0 aliphatic carbocycles. The van der Waals surface area contributed by atoms with E-state index in [9.17, 15) is 4.79 Å². The minimum Gasteiger partial charge on any atom is -0.355 e. The lowest BCUT2D eigenvalue weighted by Gasteiger charge is -2.09. The Morgan fingerprint density at radius 2 is 2.29 bits per heavy atom. The highest BCUT2D eigenvalue weighted by atomic mass is 79.9. The molecule has 3 nitrogen and oxygen atoms in total. The summed E-state index contributed by atoms with van der Waals surface area (Å²) in [4.78, 5) is 15.2. The molecule has 5 heteroatoms. The van der Waals surface area contributed by atoms with Gasteiger partial charge in [0.15, 0.2) is 0 Å². The molecule has 1 N–H and O–H groups in total. The first kappa shape index (κ1) is 10.1. The minimum atomic E-state index is 0.120. The van der Waals surface area contributed by atoms with Crippen molar-refractivity contribution in [3.63, 3.8) is 0 Å². The van der Waals surface area contributed by atoms with Crippen LogP contribution in [0.3, 0.4) is 0 Å². The predicted octanol–water partition coefficient (Wildman–Crippen LogP) is 2.21. The van der Waals surface area contributed by atoms with Gasteiger partial charge in [0.1, 0.15) is 4.60 Å². The molecule has 1 saturated heterocycles. The molecule has 14 heavy (non-hydrogen) atoms. The summed E-state index contributed by atoms with van der Waals surface area (Å²) in [5, 5.41) is 2.82. The van der Waals surface area contributed by atoms with Crippen LogP contribution < -0.4 is 5.32 Å². The van der Waals surface area contributed by atoms with Gasteiger partial charge in [-0.15, -0.1) is 0 Å². The van der Waals surface area contributed by atoms with Gasteiger partial charge < -0.3 is 5.32 Å². The fraction of sp³-hybridized carbons (Fsp3) is 0.333. The van der Waals surface area contributed by atoms with Crippen LogP contribution in [0, 0.1) is 0 Å². The zero-order valence-electron chi connectivity index (χ0n) is 7.26. The van der Waals surface area contributed by atoms with E-state index in [1.54, 1.807) is 6.20 Å². The highest BCUT2D eigenvalue weighted by molar-refractivity contribution is 9.11. The summed E-state index contributed by atoms with van der Waals surface area (Å²) in [6.07, 6.45) is 2.32. The van der Waals surface area contributed by atoms with Gasteiger partial charge in [-0.1, -0.05) is 0 Å². The second-order valence-corrected chi connectivity index (χ2v) is 4.90. The van der Waals surface area contributed by atoms with Crippen LogP contribution in [0.1, 0.15) is 17.9 Å². The van der Waals surface area contributed by atoms with Crippen molar-refractivity contribution >= 4 is 37.8 Å². The summed E-state index contributed by atoms with van der Waals surface area (Å²) in [6, 6.07) is 1.95. The van der Waals surface area contributed by atoms with Gasteiger partial charge in [-0.25, -0.2) is 4.98 Å². The van der Waals surface area contributed by atoms with Crippen molar-refractivity contribution in [2.75, 3.05) is 6.54 Å². The Labute approximate surface area is 98.6 Å². The SMILES string of the molecule is O=C1CC(c2cc(Br)ncc2Br)CN1. The maximum Gasteiger partial charge on any atom is 0.220 e. The number of pyridine rings is 1. The van der Waals surface area contributed by atoms with Crippen LogP contribution in [-0.4, -0.2) is 17.4 Å². The first-order valence-corrected chi connectivity index (χ1v) is 5.83. The molecule has 1 unspecified atom stereocenters. The van der Waals surface area contributed by atoms with Gasteiger partial charge in [-0.3, -0.25) is 4.79 Å². The van der Waals surface area contributed by atoms with Gasteiger partial charge in [0.05, 0.1) is 0 Å². The molecule has 1 aliphatic heterocycles. The highest BCUT2D eigenvalue weighted by Crippen LogP contribution is 2.30. The molecular weight excluding hydrogens is 312 g/mol.